The van der Waals surface area contributed by atoms with Gasteiger partial charge in [-0.3, -0.25) is 4.79 Å². The zero-order chi connectivity index (χ0) is 46.0. The van der Waals surface area contributed by atoms with Gasteiger partial charge in [-0.25, -0.2) is 8.60 Å². The number of carbonyl (C=O) groups is 1. The molecule has 5 aromatic carbocycles. The van der Waals surface area contributed by atoms with Crippen LogP contribution < -0.4 is 30.5 Å². The maximum Gasteiger partial charge on any atom is 0.253 e. The van der Waals surface area contributed by atoms with E-state index in [0.29, 0.717) is 17.0 Å². The number of hydrogen-bond acceptors (Lipinski definition) is 9. The van der Waals surface area contributed by atoms with Gasteiger partial charge in [0, 0.05) is 119 Å². The van der Waals surface area contributed by atoms with Crippen LogP contribution in [-0.4, -0.2) is 116 Å². The number of likely N-dealkylation sites (N-methyl/N-ethyl adjacent to an activating group) is 1. The molecule has 0 radical (unpaired) electrons. The molecule has 0 saturated carbocycles. The van der Waals surface area contributed by atoms with E-state index in [0.717, 1.165) is 134 Å². The van der Waals surface area contributed by atoms with E-state index in [9.17, 15) is 13.4 Å². The molecule has 6 aromatic rings. The minimum Gasteiger partial charge on any atom is -0.386 e. The molecule has 1 atom stereocenters. The van der Waals surface area contributed by atoms with Crippen molar-refractivity contribution in [1.29, 1.82) is 0 Å². The highest BCUT2D eigenvalue weighted by Gasteiger charge is 2.27. The molecule has 4 N–H and O–H groups in total. The lowest BCUT2D eigenvalue weighted by atomic mass is 9.95. The predicted molar refractivity (Wildman–Crippen MR) is 274 cm³/mol. The smallest absolute Gasteiger partial charge is 0.253 e. The van der Waals surface area contributed by atoms with Gasteiger partial charge in [0.25, 0.3) is 5.91 Å². The van der Waals surface area contributed by atoms with Crippen molar-refractivity contribution in [2.75, 3.05) is 117 Å². The molecule has 2 saturated heterocycles. The third-order valence-electron chi connectivity index (χ3n) is 12.7. The fourth-order valence-electron chi connectivity index (χ4n) is 8.83. The second kappa shape index (κ2) is 22.1. The number of benzene rings is 5. The van der Waals surface area contributed by atoms with Crippen LogP contribution in [0.25, 0.3) is 22.4 Å². The quantitative estimate of drug-likeness (QED) is 0.0498. The Balaban J connectivity index is 0.895. The van der Waals surface area contributed by atoms with E-state index < -0.39 is 11.0 Å². The number of halogens is 1. The number of aromatic nitrogens is 1. The summed E-state index contributed by atoms with van der Waals surface area (Å²) in [4.78, 5) is 25.7. The molecule has 2 aliphatic rings. The molecule has 3 heterocycles. The van der Waals surface area contributed by atoms with Crippen molar-refractivity contribution in [1.82, 2.24) is 19.7 Å². The molecular weight excluding hydrogens is 866 g/mol. The Hall–Kier alpha value is -5.80. The number of piperazine rings is 2. The molecule has 8 rings (SSSR count). The van der Waals surface area contributed by atoms with E-state index in [4.69, 9.17) is 0 Å². The van der Waals surface area contributed by atoms with Crippen molar-refractivity contribution >= 4 is 57.1 Å². The lowest BCUT2D eigenvalue weighted by Crippen LogP contribution is -2.46. The first-order valence-electron chi connectivity index (χ1n) is 22.9. The number of amides is 1. The molecule has 1 unspecified atom stereocenters. The van der Waals surface area contributed by atoms with E-state index in [-0.39, 0.29) is 11.7 Å². The van der Waals surface area contributed by atoms with E-state index in [1.54, 1.807) is 12.1 Å². The molecule has 0 aliphatic carbocycles. The van der Waals surface area contributed by atoms with E-state index >= 15 is 0 Å². The van der Waals surface area contributed by atoms with E-state index in [2.05, 4.69) is 113 Å². The molecule has 346 valence electrons. The number of anilines is 5. The van der Waals surface area contributed by atoms with Crippen LogP contribution >= 0.6 is 11.8 Å². The zero-order valence-electron chi connectivity index (χ0n) is 38.5. The average molecular weight is 928 g/mol. The fraction of sp³-hybridized carbons (Fsp3) is 0.327. The lowest BCUT2D eigenvalue weighted by molar-refractivity contribution is 0.0949. The summed E-state index contributed by atoms with van der Waals surface area (Å²) >= 11 is 1.81. The summed E-state index contributed by atoms with van der Waals surface area (Å²) in [6.45, 7) is 11.9. The second-order valence-electron chi connectivity index (χ2n) is 17.0. The van der Waals surface area contributed by atoms with Crippen LogP contribution in [0.5, 0.6) is 0 Å². The first-order valence-corrected chi connectivity index (χ1v) is 25.1. The van der Waals surface area contributed by atoms with Crippen LogP contribution in [-0.2, 0) is 18.0 Å². The Bertz CT molecular complexity index is 2570. The van der Waals surface area contributed by atoms with Gasteiger partial charge in [0.1, 0.15) is 16.8 Å². The third-order valence-corrected chi connectivity index (χ3v) is 14.8. The Morgan fingerprint density at radius 3 is 2.15 bits per heavy atom. The van der Waals surface area contributed by atoms with Gasteiger partial charge in [0.15, 0.2) is 0 Å². The minimum absolute atomic E-state index is 0.0916. The van der Waals surface area contributed by atoms with Crippen molar-refractivity contribution < 1.29 is 13.4 Å². The van der Waals surface area contributed by atoms with Crippen LogP contribution in [0.15, 0.2) is 131 Å². The number of carbonyl (C=O) groups excluding carboxylic acids is 1. The first kappa shape index (κ1) is 46.7. The monoisotopic (exact) mass is 927 g/mol. The Labute approximate surface area is 396 Å². The minimum atomic E-state index is -1.45. The Morgan fingerprint density at radius 2 is 1.44 bits per heavy atom. The summed E-state index contributed by atoms with van der Waals surface area (Å²) in [6, 6.07) is 39.4. The summed E-state index contributed by atoms with van der Waals surface area (Å²) in [5.74, 6) is 0.541. The highest BCUT2D eigenvalue weighted by molar-refractivity contribution is 7.99. The van der Waals surface area contributed by atoms with Crippen LogP contribution in [0, 0.1) is 12.7 Å². The molecule has 14 heteroatoms. The average Bonchev–Trinajstić information content (AvgIpc) is 3.62. The summed E-state index contributed by atoms with van der Waals surface area (Å²) < 4.78 is 32.9. The number of nitrogens with zero attached hydrogens (tertiary/aromatic N) is 5. The van der Waals surface area contributed by atoms with Crippen molar-refractivity contribution in [3.63, 3.8) is 0 Å². The third kappa shape index (κ3) is 11.4. The van der Waals surface area contributed by atoms with Gasteiger partial charge in [0.05, 0.1) is 27.5 Å². The topological polar surface area (TPSA) is 100 Å². The summed E-state index contributed by atoms with van der Waals surface area (Å²) in [5, 5.41) is 10.00. The SMILES string of the molecule is CNc1cc(S(=O)Nc2ccc(N3CCN(c4cccc(-c5c(C(=O)NCCCN6CCN(C)CC6)c(C)n(C)c5-c5ccc(F)cc5)c4)CC3)cc2)ccc1NCCSc1ccccc1. The normalized spacial score (nSPS) is 15.1. The fourth-order valence-corrected chi connectivity index (χ4v) is 10.5. The van der Waals surface area contributed by atoms with Crippen molar-refractivity contribution in [3.05, 3.63) is 138 Å². The molecule has 1 aromatic heterocycles. The molecule has 2 aliphatic heterocycles. The molecule has 11 nitrogen and oxygen atoms in total. The van der Waals surface area contributed by atoms with Gasteiger partial charge < -0.3 is 44.8 Å². The second-order valence-corrected chi connectivity index (χ2v) is 19.4. The van der Waals surface area contributed by atoms with E-state index in [1.165, 1.54) is 17.0 Å². The predicted octanol–water partition coefficient (Wildman–Crippen LogP) is 8.88. The van der Waals surface area contributed by atoms with Gasteiger partial charge in [-0.2, -0.15) is 0 Å². The molecule has 66 heavy (non-hydrogen) atoms. The van der Waals surface area contributed by atoms with E-state index in [1.807, 2.05) is 69.2 Å². The number of nitrogens with one attached hydrogen (secondary N) is 4. The lowest BCUT2D eigenvalue weighted by Gasteiger charge is -2.37. The van der Waals surface area contributed by atoms with Gasteiger partial charge in [-0.1, -0.05) is 30.3 Å². The van der Waals surface area contributed by atoms with Gasteiger partial charge >= 0.3 is 0 Å². The number of hydrogen-bond donors (Lipinski definition) is 4. The number of thioether (sulfide) groups is 1. The number of rotatable bonds is 18. The molecule has 1 amide bonds. The van der Waals surface area contributed by atoms with Crippen molar-refractivity contribution in [3.8, 4) is 22.4 Å². The standard InChI is InChI=1S/C52H62FN9O2S2/c1-38-49(52(63)56-24-9-26-60-29-27-58(3)28-30-60)50(51(59(38)4)39-14-16-41(53)17-15-39)40-10-8-11-44(36-40)62-33-31-61(32-34-62)43-20-18-42(19-21-43)57-66(64)46-22-23-47(48(37-46)54-2)55-25-35-65-45-12-6-5-7-13-45/h5-8,10-23,36-37,54-55,57H,9,24-35H2,1-4H3,(H,56,63). The molecule has 2 fully saturated rings. The largest absolute Gasteiger partial charge is 0.386 e. The van der Waals surface area contributed by atoms with Gasteiger partial charge in [-0.05, 0) is 129 Å². The Morgan fingerprint density at radius 1 is 0.727 bits per heavy atom. The highest BCUT2D eigenvalue weighted by Crippen LogP contribution is 2.40. The molecular formula is C52H62FN9O2S2. The van der Waals surface area contributed by atoms with Crippen LogP contribution in [0.1, 0.15) is 22.5 Å². The van der Waals surface area contributed by atoms with Crippen molar-refractivity contribution in [2.45, 2.75) is 23.1 Å². The summed E-state index contributed by atoms with van der Waals surface area (Å²) in [5.41, 5.74) is 9.92. The molecule has 0 spiro atoms. The van der Waals surface area contributed by atoms with Crippen LogP contribution in [0.2, 0.25) is 0 Å². The van der Waals surface area contributed by atoms with Crippen LogP contribution in [0.3, 0.4) is 0 Å². The van der Waals surface area contributed by atoms with Crippen molar-refractivity contribution in [2.24, 2.45) is 7.05 Å². The maximum atomic E-state index is 14.2. The molecule has 0 bridgehead atoms. The summed E-state index contributed by atoms with van der Waals surface area (Å²) in [6.07, 6.45) is 0.881. The first-order chi connectivity index (χ1) is 32.1. The maximum absolute atomic E-state index is 14.2. The Kier molecular flexibility index (Phi) is 15.7. The van der Waals surface area contributed by atoms with Gasteiger partial charge in [-0.15, -0.1) is 11.8 Å². The zero-order valence-corrected chi connectivity index (χ0v) is 40.1. The van der Waals surface area contributed by atoms with Crippen LogP contribution in [0.4, 0.5) is 32.8 Å². The van der Waals surface area contributed by atoms with Gasteiger partial charge in [0.2, 0.25) is 0 Å². The summed E-state index contributed by atoms with van der Waals surface area (Å²) in [7, 11) is 4.58. The highest BCUT2D eigenvalue weighted by atomic mass is 32.2.